The van der Waals surface area contributed by atoms with Crippen molar-refractivity contribution in [2.45, 2.75) is 12.3 Å². The SMILES string of the molecule is COc1cccc(C(C[N+](=O)[O-])C(CO)Cc2ccccc2)c1O. The number of phenolic OH excluding ortho intramolecular Hbond substituents is 1. The lowest BCUT2D eigenvalue weighted by molar-refractivity contribution is -0.485. The van der Waals surface area contributed by atoms with E-state index in [4.69, 9.17) is 4.74 Å². The van der Waals surface area contributed by atoms with Crippen LogP contribution in [0.5, 0.6) is 11.5 Å². The minimum absolute atomic E-state index is 0.113. The molecule has 0 radical (unpaired) electrons. The minimum atomic E-state index is -0.625. The Bertz CT molecular complexity index is 674. The summed E-state index contributed by atoms with van der Waals surface area (Å²) in [5, 5.41) is 31.3. The molecular formula is C18H21NO5. The molecule has 0 bridgehead atoms. The number of aliphatic hydroxyl groups is 1. The van der Waals surface area contributed by atoms with Crippen molar-refractivity contribution < 1.29 is 19.9 Å². The minimum Gasteiger partial charge on any atom is -0.504 e. The highest BCUT2D eigenvalue weighted by Gasteiger charge is 2.30. The molecule has 6 heteroatoms. The van der Waals surface area contributed by atoms with Crippen LogP contribution in [-0.2, 0) is 6.42 Å². The van der Waals surface area contributed by atoms with Crippen molar-refractivity contribution in [3.63, 3.8) is 0 Å². The molecule has 0 saturated carbocycles. The first-order valence-corrected chi connectivity index (χ1v) is 7.69. The molecule has 0 saturated heterocycles. The van der Waals surface area contributed by atoms with Gasteiger partial charge in [-0.15, -0.1) is 0 Å². The van der Waals surface area contributed by atoms with Crippen LogP contribution in [0.4, 0.5) is 0 Å². The van der Waals surface area contributed by atoms with Crippen LogP contribution >= 0.6 is 0 Å². The van der Waals surface area contributed by atoms with Crippen LogP contribution in [0.2, 0.25) is 0 Å². The van der Waals surface area contributed by atoms with Gasteiger partial charge in [0.05, 0.1) is 13.0 Å². The molecule has 128 valence electrons. The summed E-state index contributed by atoms with van der Waals surface area (Å²) in [4.78, 5) is 10.7. The standard InChI is InChI=1S/C18H21NO5/c1-24-17-9-5-8-15(18(17)21)16(11-19(22)23)14(12-20)10-13-6-3-2-4-7-13/h2-9,14,16,20-21H,10-12H2,1H3. The monoisotopic (exact) mass is 331 g/mol. The lowest BCUT2D eigenvalue weighted by atomic mass is 9.82. The Balaban J connectivity index is 2.37. The molecule has 2 atom stereocenters. The van der Waals surface area contributed by atoms with Gasteiger partial charge in [-0.05, 0) is 24.0 Å². The van der Waals surface area contributed by atoms with E-state index in [-0.39, 0.29) is 24.7 Å². The highest BCUT2D eigenvalue weighted by atomic mass is 16.6. The first-order chi connectivity index (χ1) is 11.6. The van der Waals surface area contributed by atoms with Crippen LogP contribution in [0.25, 0.3) is 0 Å². The predicted molar refractivity (Wildman–Crippen MR) is 90.0 cm³/mol. The highest BCUT2D eigenvalue weighted by Crippen LogP contribution is 2.38. The van der Waals surface area contributed by atoms with Crippen molar-refractivity contribution in [2.24, 2.45) is 5.92 Å². The molecule has 0 amide bonds. The summed E-state index contributed by atoms with van der Waals surface area (Å²) < 4.78 is 5.09. The van der Waals surface area contributed by atoms with E-state index in [2.05, 4.69) is 0 Å². The molecule has 6 nitrogen and oxygen atoms in total. The lowest BCUT2D eigenvalue weighted by Gasteiger charge is -2.24. The molecule has 2 rings (SSSR count). The maximum Gasteiger partial charge on any atom is 0.211 e. The number of rotatable bonds is 8. The van der Waals surface area contributed by atoms with Gasteiger partial charge in [0, 0.05) is 17.1 Å². The Kier molecular flexibility index (Phi) is 6.14. The van der Waals surface area contributed by atoms with Crippen molar-refractivity contribution in [1.82, 2.24) is 0 Å². The number of aromatic hydroxyl groups is 1. The fraction of sp³-hybridized carbons (Fsp3) is 0.333. The van der Waals surface area contributed by atoms with E-state index in [0.29, 0.717) is 12.0 Å². The maximum atomic E-state index is 11.1. The van der Waals surface area contributed by atoms with Crippen molar-refractivity contribution in [2.75, 3.05) is 20.3 Å². The van der Waals surface area contributed by atoms with Gasteiger partial charge in [0.2, 0.25) is 6.54 Å². The molecule has 0 aliphatic carbocycles. The quantitative estimate of drug-likeness (QED) is 0.573. The third-order valence-electron chi connectivity index (χ3n) is 4.14. The zero-order chi connectivity index (χ0) is 17.5. The number of hydrogen-bond acceptors (Lipinski definition) is 5. The molecule has 0 heterocycles. The normalized spacial score (nSPS) is 13.2. The first-order valence-electron chi connectivity index (χ1n) is 7.69. The fourth-order valence-electron chi connectivity index (χ4n) is 2.92. The zero-order valence-electron chi connectivity index (χ0n) is 13.5. The molecule has 0 spiro atoms. The summed E-state index contributed by atoms with van der Waals surface area (Å²) in [5.41, 5.74) is 1.40. The van der Waals surface area contributed by atoms with Gasteiger partial charge in [-0.25, -0.2) is 0 Å². The Morgan fingerprint density at radius 3 is 2.46 bits per heavy atom. The summed E-state index contributed by atoms with van der Waals surface area (Å²) >= 11 is 0. The van der Waals surface area contributed by atoms with Gasteiger partial charge in [0.25, 0.3) is 0 Å². The number of benzene rings is 2. The number of ether oxygens (including phenoxy) is 1. The smallest absolute Gasteiger partial charge is 0.211 e. The fourth-order valence-corrected chi connectivity index (χ4v) is 2.92. The number of nitrogens with zero attached hydrogens (tertiary/aromatic N) is 1. The van der Waals surface area contributed by atoms with Gasteiger partial charge in [-0.3, -0.25) is 10.1 Å². The second-order valence-electron chi connectivity index (χ2n) is 5.65. The lowest BCUT2D eigenvalue weighted by Crippen LogP contribution is -2.26. The van der Waals surface area contributed by atoms with Gasteiger partial charge in [0.15, 0.2) is 11.5 Å². The maximum absolute atomic E-state index is 11.1. The molecular weight excluding hydrogens is 310 g/mol. The van der Waals surface area contributed by atoms with Crippen molar-refractivity contribution >= 4 is 0 Å². The zero-order valence-corrected chi connectivity index (χ0v) is 13.5. The Morgan fingerprint density at radius 1 is 1.17 bits per heavy atom. The van der Waals surface area contributed by atoms with E-state index >= 15 is 0 Å². The van der Waals surface area contributed by atoms with Crippen LogP contribution < -0.4 is 4.74 Å². The highest BCUT2D eigenvalue weighted by molar-refractivity contribution is 5.47. The Labute approximate surface area is 140 Å². The largest absolute Gasteiger partial charge is 0.504 e. The number of hydrogen-bond donors (Lipinski definition) is 2. The van der Waals surface area contributed by atoms with Gasteiger partial charge >= 0.3 is 0 Å². The number of phenols is 1. The number of aliphatic hydroxyl groups excluding tert-OH is 1. The van der Waals surface area contributed by atoms with Crippen LogP contribution in [0.1, 0.15) is 17.0 Å². The third kappa shape index (κ3) is 4.23. The van der Waals surface area contributed by atoms with Crippen molar-refractivity contribution in [3.05, 3.63) is 69.8 Å². The molecule has 2 N–H and O–H groups in total. The van der Waals surface area contributed by atoms with Crippen LogP contribution in [-0.4, -0.2) is 35.4 Å². The average Bonchev–Trinajstić information content (AvgIpc) is 2.59. The molecule has 2 unspecified atom stereocenters. The molecule has 2 aromatic rings. The van der Waals surface area contributed by atoms with Gasteiger partial charge < -0.3 is 14.9 Å². The molecule has 2 aromatic carbocycles. The van der Waals surface area contributed by atoms with E-state index in [1.165, 1.54) is 7.11 Å². The van der Waals surface area contributed by atoms with Gasteiger partial charge in [-0.2, -0.15) is 0 Å². The summed E-state index contributed by atoms with van der Waals surface area (Å²) in [7, 11) is 1.43. The van der Waals surface area contributed by atoms with E-state index in [1.54, 1.807) is 18.2 Å². The molecule has 0 aliphatic rings. The summed E-state index contributed by atoms with van der Waals surface area (Å²) in [6.45, 7) is -0.594. The van der Waals surface area contributed by atoms with Gasteiger partial charge in [-0.1, -0.05) is 42.5 Å². The molecule has 0 fully saturated rings. The summed E-state index contributed by atoms with van der Waals surface area (Å²) in [5.74, 6) is -0.869. The molecule has 0 aliphatic heterocycles. The Morgan fingerprint density at radius 2 is 1.88 bits per heavy atom. The second kappa shape index (κ2) is 8.31. The summed E-state index contributed by atoms with van der Waals surface area (Å²) in [6.07, 6.45) is 0.479. The number of nitro groups is 1. The van der Waals surface area contributed by atoms with E-state index in [0.717, 1.165) is 5.56 Å². The van der Waals surface area contributed by atoms with E-state index in [9.17, 15) is 20.3 Å². The van der Waals surface area contributed by atoms with Crippen molar-refractivity contribution in [1.29, 1.82) is 0 Å². The first kappa shape index (κ1) is 17.7. The van der Waals surface area contributed by atoms with Crippen LogP contribution in [0.15, 0.2) is 48.5 Å². The summed E-state index contributed by atoms with van der Waals surface area (Å²) in [6, 6.07) is 14.4. The average molecular weight is 331 g/mol. The van der Waals surface area contributed by atoms with Crippen LogP contribution in [0, 0.1) is 16.0 Å². The van der Waals surface area contributed by atoms with Crippen molar-refractivity contribution in [3.8, 4) is 11.5 Å². The molecule has 0 aromatic heterocycles. The van der Waals surface area contributed by atoms with Crippen LogP contribution in [0.3, 0.4) is 0 Å². The molecule has 24 heavy (non-hydrogen) atoms. The predicted octanol–water partition coefficient (Wildman–Crippen LogP) is 2.61. The van der Waals surface area contributed by atoms with E-state index < -0.39 is 16.8 Å². The second-order valence-corrected chi connectivity index (χ2v) is 5.65. The third-order valence-corrected chi connectivity index (χ3v) is 4.14. The Hall–Kier alpha value is -2.60. The number of methoxy groups -OCH3 is 1. The topological polar surface area (TPSA) is 92.8 Å². The van der Waals surface area contributed by atoms with E-state index in [1.807, 2.05) is 30.3 Å². The number of para-hydroxylation sites is 1. The van der Waals surface area contributed by atoms with Gasteiger partial charge in [0.1, 0.15) is 0 Å².